The molecule has 0 saturated carbocycles. The molecule has 2 aromatic rings. The molecule has 0 spiro atoms. The van der Waals surface area contributed by atoms with E-state index in [1.165, 1.54) is 35.8 Å². The fourth-order valence-electron chi connectivity index (χ4n) is 3.39. The van der Waals surface area contributed by atoms with Crippen molar-refractivity contribution in [2.45, 2.75) is 11.3 Å². The minimum Gasteiger partial charge on any atom is -0.362 e. The monoisotopic (exact) mass is 419 g/mol. The Morgan fingerprint density at radius 3 is 2.64 bits per heavy atom. The maximum absolute atomic E-state index is 12.9. The van der Waals surface area contributed by atoms with Gasteiger partial charge in [0, 0.05) is 29.2 Å². The van der Waals surface area contributed by atoms with Crippen molar-refractivity contribution in [1.29, 1.82) is 0 Å². The lowest BCUT2D eigenvalue weighted by Gasteiger charge is -2.33. The summed E-state index contributed by atoms with van der Waals surface area (Å²) in [6.45, 7) is 6.53. The number of hydrogen-bond acceptors (Lipinski definition) is 3. The van der Waals surface area contributed by atoms with Gasteiger partial charge in [-0.25, -0.2) is 4.39 Å². The molecule has 28 heavy (non-hydrogen) atoms. The second kappa shape index (κ2) is 10.6. The highest BCUT2D eigenvalue weighted by atomic mass is 32.2. The van der Waals surface area contributed by atoms with Crippen molar-refractivity contribution in [3.8, 4) is 0 Å². The summed E-state index contributed by atoms with van der Waals surface area (Å²) < 4.78 is 12.9. The number of halogens is 1. The van der Waals surface area contributed by atoms with Crippen LogP contribution in [-0.2, 0) is 0 Å². The van der Waals surface area contributed by atoms with Gasteiger partial charge >= 0.3 is 0 Å². The number of hydrogen-bond donors (Lipinski definition) is 3. The van der Waals surface area contributed by atoms with Gasteiger partial charge in [-0.1, -0.05) is 6.07 Å². The van der Waals surface area contributed by atoms with E-state index in [4.69, 9.17) is 12.2 Å². The van der Waals surface area contributed by atoms with Crippen LogP contribution in [0.5, 0.6) is 0 Å². The molecule has 0 aromatic heterocycles. The molecule has 4 nitrogen and oxygen atoms in total. The highest BCUT2D eigenvalue weighted by molar-refractivity contribution is 7.98. The SMILES string of the molecule is CSc1cccc(N2CC[NH+](CCCNC(=S)Nc3ccc(F)cc3)CC2)c1. The maximum atomic E-state index is 12.9. The third-order valence-corrected chi connectivity index (χ3v) is 5.96. The third-order valence-electron chi connectivity index (χ3n) is 4.98. The Bertz CT molecular complexity index is 761. The summed E-state index contributed by atoms with van der Waals surface area (Å²) in [6, 6.07) is 15.0. The van der Waals surface area contributed by atoms with E-state index in [-0.39, 0.29) is 5.82 Å². The van der Waals surface area contributed by atoms with Crippen LogP contribution in [0.4, 0.5) is 15.8 Å². The van der Waals surface area contributed by atoms with Crippen LogP contribution in [0.2, 0.25) is 0 Å². The topological polar surface area (TPSA) is 31.7 Å². The maximum Gasteiger partial charge on any atom is 0.170 e. The zero-order valence-corrected chi connectivity index (χ0v) is 17.8. The Morgan fingerprint density at radius 2 is 1.93 bits per heavy atom. The summed E-state index contributed by atoms with van der Waals surface area (Å²) in [7, 11) is 0. The summed E-state index contributed by atoms with van der Waals surface area (Å²) in [6.07, 6.45) is 3.19. The molecule has 7 heteroatoms. The molecule has 1 saturated heterocycles. The van der Waals surface area contributed by atoms with Gasteiger partial charge in [0.05, 0.1) is 32.7 Å². The Morgan fingerprint density at radius 1 is 1.18 bits per heavy atom. The van der Waals surface area contributed by atoms with Gasteiger partial charge in [-0.05, 0) is 60.9 Å². The Balaban J connectivity index is 1.32. The molecular formula is C21H28FN4S2+. The molecule has 0 bridgehead atoms. The van der Waals surface area contributed by atoms with Crippen molar-refractivity contribution in [2.75, 3.05) is 55.7 Å². The molecule has 1 heterocycles. The molecular weight excluding hydrogens is 391 g/mol. The van der Waals surface area contributed by atoms with E-state index >= 15 is 0 Å². The van der Waals surface area contributed by atoms with E-state index in [2.05, 4.69) is 46.1 Å². The van der Waals surface area contributed by atoms with Gasteiger partial charge in [0.25, 0.3) is 0 Å². The first-order valence-corrected chi connectivity index (χ1v) is 11.3. The number of thioether (sulfide) groups is 1. The Kier molecular flexibility index (Phi) is 7.94. The van der Waals surface area contributed by atoms with Crippen molar-refractivity contribution in [3.05, 3.63) is 54.3 Å². The van der Waals surface area contributed by atoms with Gasteiger partial charge in [-0.15, -0.1) is 11.8 Å². The van der Waals surface area contributed by atoms with Crippen LogP contribution < -0.4 is 20.4 Å². The number of nitrogens with zero attached hydrogens (tertiary/aromatic N) is 1. The molecule has 150 valence electrons. The highest BCUT2D eigenvalue weighted by Gasteiger charge is 2.19. The lowest BCUT2D eigenvalue weighted by molar-refractivity contribution is -0.900. The van der Waals surface area contributed by atoms with Gasteiger partial charge in [0.15, 0.2) is 5.11 Å². The predicted molar refractivity (Wildman–Crippen MR) is 121 cm³/mol. The van der Waals surface area contributed by atoms with Crippen LogP contribution >= 0.6 is 24.0 Å². The van der Waals surface area contributed by atoms with E-state index in [0.29, 0.717) is 5.11 Å². The van der Waals surface area contributed by atoms with Crippen molar-refractivity contribution in [2.24, 2.45) is 0 Å². The number of benzene rings is 2. The molecule has 0 atom stereocenters. The quantitative estimate of drug-likeness (QED) is 0.365. The minimum absolute atomic E-state index is 0.246. The van der Waals surface area contributed by atoms with E-state index in [9.17, 15) is 4.39 Å². The fourth-order valence-corrected chi connectivity index (χ4v) is 4.06. The first kappa shape index (κ1) is 20.9. The first-order chi connectivity index (χ1) is 13.6. The van der Waals surface area contributed by atoms with Crippen LogP contribution in [0.15, 0.2) is 53.4 Å². The van der Waals surface area contributed by atoms with Gasteiger partial charge in [0.1, 0.15) is 5.82 Å². The van der Waals surface area contributed by atoms with E-state index < -0.39 is 0 Å². The molecule has 0 unspecified atom stereocenters. The van der Waals surface area contributed by atoms with Crippen LogP contribution in [0.1, 0.15) is 6.42 Å². The summed E-state index contributed by atoms with van der Waals surface area (Å²) in [4.78, 5) is 5.46. The second-order valence-corrected chi connectivity index (χ2v) is 8.22. The highest BCUT2D eigenvalue weighted by Crippen LogP contribution is 2.22. The Labute approximate surface area is 176 Å². The largest absolute Gasteiger partial charge is 0.362 e. The standard InChI is InChI=1S/C21H27FN4S2/c1-28-20-5-2-4-19(16-20)26-14-12-25(13-15-26)11-3-10-23-21(27)24-18-8-6-17(22)7-9-18/h2,4-9,16H,3,10-15H2,1H3,(H2,23,24,27)/p+1. The third kappa shape index (κ3) is 6.36. The molecule has 1 aliphatic heterocycles. The van der Waals surface area contributed by atoms with E-state index in [0.717, 1.165) is 38.3 Å². The normalized spacial score (nSPS) is 14.7. The smallest absolute Gasteiger partial charge is 0.170 e. The predicted octanol–water partition coefficient (Wildman–Crippen LogP) is 2.63. The molecule has 0 amide bonds. The number of nitrogens with one attached hydrogen (secondary N) is 3. The molecule has 2 aromatic carbocycles. The van der Waals surface area contributed by atoms with Crippen molar-refractivity contribution in [1.82, 2.24) is 5.32 Å². The zero-order valence-electron chi connectivity index (χ0n) is 16.2. The summed E-state index contributed by atoms with van der Waals surface area (Å²) in [5.74, 6) is -0.246. The summed E-state index contributed by atoms with van der Waals surface area (Å²) in [5, 5.41) is 6.90. The first-order valence-electron chi connectivity index (χ1n) is 9.67. The number of rotatable bonds is 7. The van der Waals surface area contributed by atoms with Gasteiger partial charge in [-0.3, -0.25) is 0 Å². The summed E-state index contributed by atoms with van der Waals surface area (Å²) in [5.41, 5.74) is 2.14. The van der Waals surface area contributed by atoms with Crippen LogP contribution in [-0.4, -0.2) is 50.6 Å². The van der Waals surface area contributed by atoms with E-state index in [1.54, 1.807) is 28.8 Å². The average Bonchev–Trinajstić information content (AvgIpc) is 2.73. The van der Waals surface area contributed by atoms with Crippen molar-refractivity contribution >= 4 is 40.5 Å². The number of quaternary nitrogens is 1. The van der Waals surface area contributed by atoms with Crippen LogP contribution in [0.3, 0.4) is 0 Å². The van der Waals surface area contributed by atoms with Crippen LogP contribution in [0.25, 0.3) is 0 Å². The summed E-state index contributed by atoms with van der Waals surface area (Å²) >= 11 is 7.09. The fraction of sp³-hybridized carbons (Fsp3) is 0.381. The molecule has 1 aliphatic rings. The number of piperazine rings is 1. The van der Waals surface area contributed by atoms with Gasteiger partial charge in [-0.2, -0.15) is 0 Å². The molecule has 0 radical (unpaired) electrons. The van der Waals surface area contributed by atoms with Gasteiger partial charge in [0.2, 0.25) is 0 Å². The van der Waals surface area contributed by atoms with Crippen molar-refractivity contribution in [3.63, 3.8) is 0 Å². The van der Waals surface area contributed by atoms with E-state index in [1.807, 2.05) is 0 Å². The molecule has 0 aliphatic carbocycles. The lowest BCUT2D eigenvalue weighted by atomic mass is 10.2. The average molecular weight is 420 g/mol. The molecule has 3 rings (SSSR count). The van der Waals surface area contributed by atoms with Gasteiger partial charge < -0.3 is 20.4 Å². The second-order valence-electron chi connectivity index (χ2n) is 6.93. The number of thiocarbonyl (C=S) groups is 1. The van der Waals surface area contributed by atoms with Crippen LogP contribution in [0, 0.1) is 5.82 Å². The minimum atomic E-state index is -0.246. The molecule has 1 fully saturated rings. The lowest BCUT2D eigenvalue weighted by Crippen LogP contribution is -3.15. The zero-order chi connectivity index (χ0) is 19.8. The number of anilines is 2. The molecule has 3 N–H and O–H groups in total. The van der Waals surface area contributed by atoms with Crippen molar-refractivity contribution < 1.29 is 9.29 Å². The Hall–Kier alpha value is -1.83.